The Morgan fingerprint density at radius 1 is 1.30 bits per heavy atom. The first kappa shape index (κ1) is 20.0. The van der Waals surface area contributed by atoms with Gasteiger partial charge in [0.2, 0.25) is 5.91 Å². The van der Waals surface area contributed by atoms with Crippen LogP contribution in [0.25, 0.3) is 0 Å². The van der Waals surface area contributed by atoms with E-state index in [4.69, 9.17) is 5.73 Å². The summed E-state index contributed by atoms with van der Waals surface area (Å²) >= 11 is 0. The van der Waals surface area contributed by atoms with Gasteiger partial charge in [0, 0.05) is 30.9 Å². The highest BCUT2D eigenvalue weighted by Gasteiger charge is 2.35. The lowest BCUT2D eigenvalue weighted by molar-refractivity contribution is -0.137. The van der Waals surface area contributed by atoms with Crippen molar-refractivity contribution in [2.75, 3.05) is 25.4 Å². The van der Waals surface area contributed by atoms with Gasteiger partial charge in [0.1, 0.15) is 0 Å². The maximum absolute atomic E-state index is 12.6. The van der Waals surface area contributed by atoms with E-state index in [2.05, 4.69) is 16.8 Å². The molecule has 0 radical (unpaired) electrons. The Hall–Kier alpha value is -1.04. The van der Waals surface area contributed by atoms with Crippen molar-refractivity contribution in [2.24, 2.45) is 0 Å². The van der Waals surface area contributed by atoms with Crippen LogP contribution in [0.1, 0.15) is 31.9 Å². The van der Waals surface area contributed by atoms with Crippen molar-refractivity contribution < 1.29 is 4.79 Å². The molecule has 2 saturated heterocycles. The molecule has 0 aliphatic carbocycles. The van der Waals surface area contributed by atoms with Gasteiger partial charge in [0.25, 0.3) is 0 Å². The molecule has 0 spiro atoms. The van der Waals surface area contributed by atoms with Gasteiger partial charge >= 0.3 is 0 Å². The second-order valence-corrected chi connectivity index (χ2v) is 6.30. The normalized spacial score (nSPS) is 24.1. The molecule has 2 aliphatic heterocycles. The second kappa shape index (κ2) is 8.71. The van der Waals surface area contributed by atoms with Gasteiger partial charge < -0.3 is 10.6 Å². The molecule has 0 bridgehead atoms. The minimum Gasteiger partial charge on any atom is -0.397 e. The number of rotatable bonds is 2. The molecule has 0 aromatic carbocycles. The minimum absolute atomic E-state index is 0. The van der Waals surface area contributed by atoms with Gasteiger partial charge in [-0.05, 0) is 38.4 Å². The van der Waals surface area contributed by atoms with E-state index in [1.807, 2.05) is 11.0 Å². The number of piperazine rings is 1. The van der Waals surface area contributed by atoms with Crippen LogP contribution >= 0.6 is 24.8 Å². The van der Waals surface area contributed by atoms with E-state index in [-0.39, 0.29) is 30.7 Å². The van der Waals surface area contributed by atoms with Gasteiger partial charge in [0.15, 0.2) is 0 Å². The number of nitrogens with zero attached hydrogens (tertiary/aromatic N) is 3. The molecular weight excluding hydrogens is 335 g/mol. The smallest absolute Gasteiger partial charge is 0.228 e. The predicted molar refractivity (Wildman–Crippen MR) is 97.2 cm³/mol. The van der Waals surface area contributed by atoms with Crippen LogP contribution in [0.4, 0.5) is 5.69 Å². The van der Waals surface area contributed by atoms with Crippen LogP contribution < -0.4 is 5.73 Å². The maximum Gasteiger partial charge on any atom is 0.228 e. The van der Waals surface area contributed by atoms with Crippen molar-refractivity contribution in [3.63, 3.8) is 0 Å². The first-order chi connectivity index (χ1) is 10.1. The monoisotopic (exact) mass is 360 g/mol. The highest BCUT2D eigenvalue weighted by atomic mass is 35.5. The number of piperidine rings is 1. The molecule has 2 fully saturated rings. The summed E-state index contributed by atoms with van der Waals surface area (Å²) in [6.07, 6.45) is 5.79. The van der Waals surface area contributed by atoms with E-state index in [0.29, 0.717) is 24.2 Å². The number of nitrogen functional groups attached to an aromatic ring is 1. The first-order valence-electron chi connectivity index (χ1n) is 7.87. The lowest BCUT2D eigenvalue weighted by atomic mass is 9.97. The standard InChI is InChI=1S/C16H24N4O.2ClH/c1-12-10-19-7-3-2-4-15(19)11-20(12)16(21)8-14-6-5-13(17)9-18-14;;/h5-6,9,12,15H,2-4,7-8,10-11,17H2,1H3;2*1H. The lowest BCUT2D eigenvalue weighted by Gasteiger charge is -2.47. The Bertz CT molecular complexity index is 511. The summed E-state index contributed by atoms with van der Waals surface area (Å²) in [5, 5.41) is 0. The average molecular weight is 361 g/mol. The zero-order chi connectivity index (χ0) is 14.8. The Balaban J connectivity index is 0.00000132. The summed E-state index contributed by atoms with van der Waals surface area (Å²) in [6.45, 7) is 5.22. The number of amides is 1. The third-order valence-electron chi connectivity index (χ3n) is 4.69. The number of pyridine rings is 1. The molecule has 2 atom stereocenters. The largest absolute Gasteiger partial charge is 0.397 e. The first-order valence-corrected chi connectivity index (χ1v) is 7.87. The van der Waals surface area contributed by atoms with Crippen LogP contribution in [0.15, 0.2) is 18.3 Å². The average Bonchev–Trinajstić information content (AvgIpc) is 2.49. The topological polar surface area (TPSA) is 62.5 Å². The second-order valence-electron chi connectivity index (χ2n) is 6.30. The number of hydrogen-bond donors (Lipinski definition) is 1. The number of halogens is 2. The number of carbonyl (C=O) groups excluding carboxylic acids is 1. The quantitative estimate of drug-likeness (QED) is 0.877. The Morgan fingerprint density at radius 3 is 2.78 bits per heavy atom. The molecule has 1 aromatic heterocycles. The van der Waals surface area contributed by atoms with Crippen LogP contribution in [-0.4, -0.2) is 52.4 Å². The Labute approximate surface area is 150 Å². The number of carbonyl (C=O) groups is 1. The number of hydrogen-bond acceptors (Lipinski definition) is 4. The molecule has 1 aromatic rings. The highest BCUT2D eigenvalue weighted by Crippen LogP contribution is 2.24. The van der Waals surface area contributed by atoms with E-state index in [0.717, 1.165) is 18.8 Å². The fourth-order valence-corrected chi connectivity index (χ4v) is 3.50. The molecule has 2 aliphatic rings. The fourth-order valence-electron chi connectivity index (χ4n) is 3.50. The van der Waals surface area contributed by atoms with E-state index < -0.39 is 0 Å². The van der Waals surface area contributed by atoms with Crippen LogP contribution in [0.5, 0.6) is 0 Å². The van der Waals surface area contributed by atoms with Gasteiger partial charge in [0.05, 0.1) is 18.3 Å². The SMILES string of the molecule is CC1CN2CCCCC2CN1C(=O)Cc1ccc(N)cn1.Cl.Cl. The van der Waals surface area contributed by atoms with E-state index >= 15 is 0 Å². The number of anilines is 1. The van der Waals surface area contributed by atoms with Crippen LogP contribution in [0.3, 0.4) is 0 Å². The number of nitrogens with two attached hydrogens (primary N) is 1. The third kappa shape index (κ3) is 4.72. The van der Waals surface area contributed by atoms with Crippen molar-refractivity contribution >= 4 is 36.4 Å². The molecule has 3 rings (SSSR count). The molecule has 0 saturated carbocycles. The van der Waals surface area contributed by atoms with Crippen LogP contribution in [0.2, 0.25) is 0 Å². The molecule has 2 unspecified atom stereocenters. The third-order valence-corrected chi connectivity index (χ3v) is 4.69. The predicted octanol–water partition coefficient (Wildman–Crippen LogP) is 2.14. The maximum atomic E-state index is 12.6. The van der Waals surface area contributed by atoms with E-state index in [9.17, 15) is 4.79 Å². The molecule has 1 amide bonds. The van der Waals surface area contributed by atoms with Crippen LogP contribution in [-0.2, 0) is 11.2 Å². The lowest BCUT2D eigenvalue weighted by Crippen LogP contribution is -2.60. The molecule has 3 heterocycles. The van der Waals surface area contributed by atoms with E-state index in [1.54, 1.807) is 12.3 Å². The fraction of sp³-hybridized carbons (Fsp3) is 0.625. The summed E-state index contributed by atoms with van der Waals surface area (Å²) in [5.74, 6) is 0.185. The van der Waals surface area contributed by atoms with Gasteiger partial charge in [-0.15, -0.1) is 24.8 Å². The van der Waals surface area contributed by atoms with Crippen molar-refractivity contribution in [2.45, 2.75) is 44.7 Å². The number of fused-ring (bicyclic) bond motifs is 1. The molecule has 130 valence electrons. The van der Waals surface area contributed by atoms with Gasteiger partial charge in [-0.1, -0.05) is 6.42 Å². The summed E-state index contributed by atoms with van der Waals surface area (Å²) < 4.78 is 0. The summed E-state index contributed by atoms with van der Waals surface area (Å²) in [6, 6.07) is 4.49. The molecular formula is C16H26Cl2N4O. The van der Waals surface area contributed by atoms with Crippen molar-refractivity contribution in [1.29, 1.82) is 0 Å². The zero-order valence-electron chi connectivity index (χ0n) is 13.5. The van der Waals surface area contributed by atoms with Crippen molar-refractivity contribution in [3.8, 4) is 0 Å². The highest BCUT2D eigenvalue weighted by molar-refractivity contribution is 5.85. The van der Waals surface area contributed by atoms with Gasteiger partial charge in [-0.3, -0.25) is 14.7 Å². The summed E-state index contributed by atoms with van der Waals surface area (Å²) in [4.78, 5) is 21.4. The molecule has 2 N–H and O–H groups in total. The van der Waals surface area contributed by atoms with Gasteiger partial charge in [-0.25, -0.2) is 0 Å². The Kier molecular flexibility index (Phi) is 7.58. The Morgan fingerprint density at radius 2 is 2.09 bits per heavy atom. The summed E-state index contributed by atoms with van der Waals surface area (Å²) in [5.41, 5.74) is 7.07. The molecule has 23 heavy (non-hydrogen) atoms. The number of aromatic nitrogens is 1. The van der Waals surface area contributed by atoms with Crippen molar-refractivity contribution in [3.05, 3.63) is 24.0 Å². The van der Waals surface area contributed by atoms with Crippen molar-refractivity contribution in [1.82, 2.24) is 14.8 Å². The van der Waals surface area contributed by atoms with Gasteiger partial charge in [-0.2, -0.15) is 0 Å². The van der Waals surface area contributed by atoms with Crippen LogP contribution in [0, 0.1) is 0 Å². The minimum atomic E-state index is 0. The zero-order valence-corrected chi connectivity index (χ0v) is 15.1. The van der Waals surface area contributed by atoms with E-state index in [1.165, 1.54) is 25.8 Å². The summed E-state index contributed by atoms with van der Waals surface area (Å²) in [7, 11) is 0. The molecule has 5 nitrogen and oxygen atoms in total. The molecule has 7 heteroatoms.